The Morgan fingerprint density at radius 3 is 2.91 bits per heavy atom. The van der Waals surface area contributed by atoms with Crippen molar-refractivity contribution in [3.63, 3.8) is 0 Å². The number of carbonyl (C=O) groups is 1. The van der Waals surface area contributed by atoms with E-state index < -0.39 is 0 Å². The molecule has 2 heterocycles. The molecule has 5 rings (SSSR count). The third-order valence-corrected chi connectivity index (χ3v) is 6.58. The van der Waals surface area contributed by atoms with Gasteiger partial charge in [-0.2, -0.15) is 0 Å². The molecule has 1 amide bonds. The number of hydrogen-bond donors (Lipinski definition) is 3. The van der Waals surface area contributed by atoms with E-state index in [1.807, 2.05) is 6.07 Å². The van der Waals surface area contributed by atoms with E-state index in [1.165, 1.54) is 5.56 Å². The van der Waals surface area contributed by atoms with Crippen LogP contribution in [0, 0.1) is 0 Å². The lowest BCUT2D eigenvalue weighted by Gasteiger charge is -2.29. The highest BCUT2D eigenvalue weighted by Crippen LogP contribution is 2.34. The van der Waals surface area contributed by atoms with Crippen LogP contribution in [0.3, 0.4) is 0 Å². The number of nitrogens with one attached hydrogen (secondary N) is 3. The number of aromatic nitrogens is 2. The van der Waals surface area contributed by atoms with Crippen LogP contribution in [-0.2, 0) is 11.3 Å². The van der Waals surface area contributed by atoms with Gasteiger partial charge in [0, 0.05) is 37.7 Å². The van der Waals surface area contributed by atoms with E-state index in [4.69, 9.17) is 19.2 Å². The van der Waals surface area contributed by atoms with Crippen molar-refractivity contribution in [3.05, 3.63) is 53.3 Å². The number of carbonyl (C=O) groups excluding carboxylic acids is 1. The van der Waals surface area contributed by atoms with Gasteiger partial charge < -0.3 is 29.8 Å². The second kappa shape index (κ2) is 10.4. The van der Waals surface area contributed by atoms with E-state index in [-0.39, 0.29) is 11.9 Å². The molecule has 2 aromatic carbocycles. The highest BCUT2D eigenvalue weighted by Gasteiger charge is 2.27. The number of aromatic amines is 1. The quantitative estimate of drug-likeness (QED) is 0.441. The number of hydrogen-bond acceptors (Lipinski definition) is 6. The predicted molar refractivity (Wildman–Crippen MR) is 130 cm³/mol. The van der Waals surface area contributed by atoms with Gasteiger partial charge in [0.2, 0.25) is 0 Å². The Morgan fingerprint density at radius 1 is 1.15 bits per heavy atom. The first-order valence-electron chi connectivity index (χ1n) is 12.1. The first-order valence-corrected chi connectivity index (χ1v) is 12.1. The topological polar surface area (TPSA) is 97.5 Å². The summed E-state index contributed by atoms with van der Waals surface area (Å²) in [5.74, 6) is 2.57. The average Bonchev–Trinajstić information content (AvgIpc) is 3.30. The largest absolute Gasteiger partial charge is 0.486 e. The Bertz CT molecular complexity index is 1150. The predicted octanol–water partition coefficient (Wildman–Crippen LogP) is 3.53. The molecule has 0 unspecified atom stereocenters. The molecule has 0 bridgehead atoms. The number of ether oxygens (including phenoxy) is 3. The Hall–Kier alpha value is -3.10. The summed E-state index contributed by atoms with van der Waals surface area (Å²) in [4.78, 5) is 21.3. The zero-order chi connectivity index (χ0) is 23.3. The van der Waals surface area contributed by atoms with Crippen molar-refractivity contribution in [3.8, 4) is 11.5 Å². The van der Waals surface area contributed by atoms with Crippen LogP contribution in [0.25, 0.3) is 11.0 Å². The van der Waals surface area contributed by atoms with Crippen LogP contribution < -0.4 is 20.1 Å². The smallest absolute Gasteiger partial charge is 0.251 e. The third-order valence-electron chi connectivity index (χ3n) is 6.58. The van der Waals surface area contributed by atoms with Crippen LogP contribution in [0.1, 0.15) is 53.3 Å². The minimum atomic E-state index is -0.0714. The van der Waals surface area contributed by atoms with Crippen LogP contribution in [0.4, 0.5) is 0 Å². The van der Waals surface area contributed by atoms with Crippen molar-refractivity contribution in [1.29, 1.82) is 0 Å². The molecule has 1 fully saturated rings. The Kier molecular flexibility index (Phi) is 6.97. The van der Waals surface area contributed by atoms with Crippen LogP contribution in [0.15, 0.2) is 36.4 Å². The molecule has 1 aliphatic carbocycles. The second-order valence-corrected chi connectivity index (χ2v) is 9.04. The Morgan fingerprint density at radius 2 is 2.03 bits per heavy atom. The van der Waals surface area contributed by atoms with Gasteiger partial charge in [0.05, 0.1) is 17.6 Å². The number of H-pyrrole nitrogens is 1. The molecule has 1 aromatic heterocycles. The molecule has 0 spiro atoms. The number of methoxy groups -OCH3 is 1. The first kappa shape index (κ1) is 22.7. The standard InChI is InChI=1S/C26H32N4O4/c1-32-10-9-27-16-17-5-7-21-22(13-17)30-25(29-21)18-3-2-4-20(14-18)28-26(31)19-6-8-23-24(15-19)34-12-11-33-23/h5-8,13,15,18,20,27H,2-4,9-12,14,16H2,1H3,(H,28,31)(H,29,30)/t18-,20+/m0/s1. The number of imidazole rings is 1. The van der Waals surface area contributed by atoms with E-state index in [9.17, 15) is 4.79 Å². The Labute approximate surface area is 199 Å². The molecule has 3 N–H and O–H groups in total. The number of nitrogens with zero attached hydrogens (tertiary/aromatic N) is 1. The lowest BCUT2D eigenvalue weighted by Crippen LogP contribution is -2.38. The maximum Gasteiger partial charge on any atom is 0.251 e. The zero-order valence-electron chi connectivity index (χ0n) is 19.6. The van der Waals surface area contributed by atoms with Crippen molar-refractivity contribution in [2.24, 2.45) is 0 Å². The van der Waals surface area contributed by atoms with Crippen LogP contribution in [0.5, 0.6) is 11.5 Å². The maximum absolute atomic E-state index is 12.9. The average molecular weight is 465 g/mol. The fourth-order valence-corrected chi connectivity index (χ4v) is 4.81. The van der Waals surface area contributed by atoms with E-state index in [0.29, 0.717) is 42.8 Å². The highest BCUT2D eigenvalue weighted by molar-refractivity contribution is 5.95. The Balaban J connectivity index is 1.22. The second-order valence-electron chi connectivity index (χ2n) is 9.04. The minimum Gasteiger partial charge on any atom is -0.486 e. The minimum absolute atomic E-state index is 0.0714. The molecule has 34 heavy (non-hydrogen) atoms. The molecule has 1 saturated carbocycles. The molecular formula is C26H32N4O4. The van der Waals surface area contributed by atoms with Gasteiger partial charge in [-0.25, -0.2) is 4.98 Å². The van der Waals surface area contributed by atoms with E-state index in [0.717, 1.165) is 55.6 Å². The van der Waals surface area contributed by atoms with Crippen LogP contribution in [-0.4, -0.2) is 55.4 Å². The molecular weight excluding hydrogens is 432 g/mol. The molecule has 180 valence electrons. The maximum atomic E-state index is 12.9. The van der Waals surface area contributed by atoms with Gasteiger partial charge >= 0.3 is 0 Å². The fraction of sp³-hybridized carbons (Fsp3) is 0.462. The monoisotopic (exact) mass is 464 g/mol. The molecule has 0 radical (unpaired) electrons. The van der Waals surface area contributed by atoms with Gasteiger partial charge in [-0.3, -0.25) is 4.79 Å². The van der Waals surface area contributed by atoms with Crippen LogP contribution in [0.2, 0.25) is 0 Å². The van der Waals surface area contributed by atoms with Gasteiger partial charge in [0.1, 0.15) is 19.0 Å². The molecule has 1 aliphatic heterocycles. The molecule has 8 heteroatoms. The van der Waals surface area contributed by atoms with E-state index in [1.54, 1.807) is 19.2 Å². The number of rotatable bonds is 8. The summed E-state index contributed by atoms with van der Waals surface area (Å²) in [5.41, 5.74) is 3.86. The molecule has 2 aliphatic rings. The molecule has 3 aromatic rings. The van der Waals surface area contributed by atoms with Crippen molar-refractivity contribution < 1.29 is 19.0 Å². The van der Waals surface area contributed by atoms with Crippen molar-refractivity contribution in [2.75, 3.05) is 33.5 Å². The summed E-state index contributed by atoms with van der Waals surface area (Å²) in [5, 5.41) is 6.60. The van der Waals surface area contributed by atoms with E-state index >= 15 is 0 Å². The van der Waals surface area contributed by atoms with Crippen molar-refractivity contribution >= 4 is 16.9 Å². The molecule has 0 saturated heterocycles. The summed E-state index contributed by atoms with van der Waals surface area (Å²) in [7, 11) is 1.71. The lowest BCUT2D eigenvalue weighted by molar-refractivity contribution is 0.0923. The van der Waals surface area contributed by atoms with Gasteiger partial charge in [-0.15, -0.1) is 0 Å². The SMILES string of the molecule is COCCNCc1ccc2nc([C@H]3CCC[C@@H](NC(=O)c4ccc5c(c4)OCCO5)C3)[nH]c2c1. The summed E-state index contributed by atoms with van der Waals surface area (Å²) in [6.07, 6.45) is 3.98. The van der Waals surface area contributed by atoms with Crippen LogP contribution >= 0.6 is 0 Å². The number of benzene rings is 2. The van der Waals surface area contributed by atoms with Crippen molar-refractivity contribution in [2.45, 2.75) is 44.2 Å². The summed E-state index contributed by atoms with van der Waals surface area (Å²) in [6.45, 7) is 3.36. The van der Waals surface area contributed by atoms with Gasteiger partial charge in [-0.1, -0.05) is 12.5 Å². The normalized spacial score (nSPS) is 19.8. The highest BCUT2D eigenvalue weighted by atomic mass is 16.6. The van der Waals surface area contributed by atoms with Gasteiger partial charge in [0.15, 0.2) is 11.5 Å². The van der Waals surface area contributed by atoms with Crippen molar-refractivity contribution in [1.82, 2.24) is 20.6 Å². The summed E-state index contributed by atoms with van der Waals surface area (Å²) < 4.78 is 16.3. The molecule has 2 atom stereocenters. The first-order chi connectivity index (χ1) is 16.7. The van der Waals surface area contributed by atoms with E-state index in [2.05, 4.69) is 33.8 Å². The van der Waals surface area contributed by atoms with Gasteiger partial charge in [0.25, 0.3) is 5.91 Å². The lowest BCUT2D eigenvalue weighted by atomic mass is 9.85. The summed E-state index contributed by atoms with van der Waals surface area (Å²) in [6, 6.07) is 11.8. The number of amides is 1. The zero-order valence-corrected chi connectivity index (χ0v) is 19.6. The third kappa shape index (κ3) is 5.18. The number of fused-ring (bicyclic) bond motifs is 2. The molecule has 8 nitrogen and oxygen atoms in total. The van der Waals surface area contributed by atoms with Gasteiger partial charge in [-0.05, 0) is 55.2 Å². The fourth-order valence-electron chi connectivity index (χ4n) is 4.81. The summed E-state index contributed by atoms with van der Waals surface area (Å²) >= 11 is 0.